The van der Waals surface area contributed by atoms with Gasteiger partial charge in [0.25, 0.3) is 0 Å². The summed E-state index contributed by atoms with van der Waals surface area (Å²) in [7, 11) is 1.50. The quantitative estimate of drug-likeness (QED) is 0.886. The fraction of sp³-hybridized carbons (Fsp3) is 0.647. The molecule has 0 aromatic carbocycles. The Bertz CT molecular complexity index is 567. The van der Waals surface area contributed by atoms with Gasteiger partial charge in [0, 0.05) is 29.8 Å². The minimum absolute atomic E-state index is 0.541. The Morgan fingerprint density at radius 3 is 2.59 bits per heavy atom. The van der Waals surface area contributed by atoms with Crippen LogP contribution < -0.4 is 11.1 Å². The molecular weight excluding hydrogens is 274 g/mol. The second-order valence-corrected chi connectivity index (χ2v) is 5.81. The molecule has 0 spiro atoms. The predicted molar refractivity (Wildman–Crippen MR) is 92.3 cm³/mol. The molecule has 1 aliphatic rings. The predicted octanol–water partition coefficient (Wildman–Crippen LogP) is 3.56. The van der Waals surface area contributed by atoms with Gasteiger partial charge in [-0.05, 0) is 32.7 Å². The van der Waals surface area contributed by atoms with Gasteiger partial charge in [-0.3, -0.25) is 0 Å². The fourth-order valence-corrected chi connectivity index (χ4v) is 3.23. The summed E-state index contributed by atoms with van der Waals surface area (Å²) >= 11 is 0. The van der Waals surface area contributed by atoms with Crippen LogP contribution in [0.4, 0.5) is 5.82 Å². The van der Waals surface area contributed by atoms with Crippen molar-refractivity contribution in [1.82, 2.24) is 14.6 Å². The number of fused-ring (bicyclic) bond motifs is 1. The average Bonchev–Trinajstić information content (AvgIpc) is 3.22. The van der Waals surface area contributed by atoms with Crippen LogP contribution >= 0.6 is 0 Å². The Hall–Kier alpha value is -1.62. The smallest absolute Gasteiger partial charge is 0.157 e. The molecule has 2 aromatic heterocycles. The zero-order chi connectivity index (χ0) is 15.9. The van der Waals surface area contributed by atoms with Gasteiger partial charge in [0.05, 0.1) is 6.20 Å². The van der Waals surface area contributed by atoms with Crippen LogP contribution in [0.3, 0.4) is 0 Å². The highest BCUT2D eigenvalue weighted by molar-refractivity contribution is 5.50. The van der Waals surface area contributed by atoms with Gasteiger partial charge in [-0.2, -0.15) is 9.61 Å². The lowest BCUT2D eigenvalue weighted by atomic mass is 9.99. The minimum atomic E-state index is 0.541. The van der Waals surface area contributed by atoms with E-state index >= 15 is 0 Å². The van der Waals surface area contributed by atoms with E-state index in [0.717, 1.165) is 24.3 Å². The molecule has 0 saturated heterocycles. The monoisotopic (exact) mass is 303 g/mol. The molecule has 1 aliphatic carbocycles. The van der Waals surface area contributed by atoms with Gasteiger partial charge in [-0.1, -0.05) is 26.7 Å². The summed E-state index contributed by atoms with van der Waals surface area (Å²) in [5, 5.41) is 8.08. The van der Waals surface area contributed by atoms with Gasteiger partial charge < -0.3 is 11.1 Å². The first-order chi connectivity index (χ1) is 10.8. The first-order valence-corrected chi connectivity index (χ1v) is 8.50. The molecule has 22 heavy (non-hydrogen) atoms. The van der Waals surface area contributed by atoms with Crippen LogP contribution in [0.1, 0.15) is 64.0 Å². The lowest BCUT2D eigenvalue weighted by molar-refractivity contribution is 0.621. The van der Waals surface area contributed by atoms with Crippen molar-refractivity contribution in [2.75, 3.05) is 12.4 Å². The zero-order valence-corrected chi connectivity index (χ0v) is 14.0. The third-order valence-electron chi connectivity index (χ3n) is 4.49. The molecule has 1 fully saturated rings. The molecule has 0 amide bonds. The van der Waals surface area contributed by atoms with Crippen molar-refractivity contribution in [1.29, 1.82) is 0 Å². The minimum Gasteiger partial charge on any atom is -0.367 e. The van der Waals surface area contributed by atoms with E-state index in [4.69, 9.17) is 4.98 Å². The van der Waals surface area contributed by atoms with Crippen molar-refractivity contribution in [3.63, 3.8) is 0 Å². The third kappa shape index (κ3) is 3.58. The summed E-state index contributed by atoms with van der Waals surface area (Å²) in [4.78, 5) is 4.77. The van der Waals surface area contributed by atoms with Crippen LogP contribution in [0.15, 0.2) is 18.3 Å². The Balaban J connectivity index is 0.000000847. The SMILES string of the molecule is CCC(CC)c1cc(NC2CCCC2)n2nccc2n1.CN. The van der Waals surface area contributed by atoms with E-state index in [-0.39, 0.29) is 0 Å². The maximum atomic E-state index is 4.77. The summed E-state index contributed by atoms with van der Waals surface area (Å²) in [6.07, 6.45) is 9.32. The summed E-state index contributed by atoms with van der Waals surface area (Å²) in [5.41, 5.74) is 6.65. The number of nitrogens with two attached hydrogens (primary N) is 1. The molecule has 2 aromatic rings. The van der Waals surface area contributed by atoms with Crippen molar-refractivity contribution in [3.05, 3.63) is 24.0 Å². The fourth-order valence-electron chi connectivity index (χ4n) is 3.23. The van der Waals surface area contributed by atoms with Gasteiger partial charge in [-0.15, -0.1) is 0 Å². The van der Waals surface area contributed by atoms with Gasteiger partial charge in [0.2, 0.25) is 0 Å². The molecular formula is C17H29N5. The maximum Gasteiger partial charge on any atom is 0.157 e. The lowest BCUT2D eigenvalue weighted by Gasteiger charge is -2.18. The second kappa shape index (κ2) is 8.13. The largest absolute Gasteiger partial charge is 0.367 e. The Morgan fingerprint density at radius 1 is 1.27 bits per heavy atom. The standard InChI is InChI=1S/C16H24N4.CH5N/c1-3-12(4-2)14-11-16(18-13-7-5-6-8-13)20-15(19-14)9-10-17-20;1-2/h9-13,18H,3-8H2,1-2H3;2H2,1H3. The second-order valence-electron chi connectivity index (χ2n) is 5.81. The van der Waals surface area contributed by atoms with Crippen LogP contribution in [0, 0.1) is 0 Å². The van der Waals surface area contributed by atoms with Gasteiger partial charge in [0.15, 0.2) is 5.65 Å². The van der Waals surface area contributed by atoms with Crippen LogP contribution in [0.5, 0.6) is 0 Å². The van der Waals surface area contributed by atoms with Crippen LogP contribution in [0.2, 0.25) is 0 Å². The number of rotatable bonds is 5. The van der Waals surface area contributed by atoms with Crippen molar-refractivity contribution >= 4 is 11.5 Å². The number of nitrogens with zero attached hydrogens (tertiary/aromatic N) is 3. The van der Waals surface area contributed by atoms with Gasteiger partial charge >= 0.3 is 0 Å². The molecule has 122 valence electrons. The number of nitrogens with one attached hydrogen (secondary N) is 1. The van der Waals surface area contributed by atoms with Crippen molar-refractivity contribution < 1.29 is 0 Å². The van der Waals surface area contributed by atoms with Crippen molar-refractivity contribution in [2.24, 2.45) is 5.73 Å². The van der Waals surface area contributed by atoms with Crippen LogP contribution in [-0.4, -0.2) is 27.7 Å². The molecule has 5 heteroatoms. The summed E-state index contributed by atoms with van der Waals surface area (Å²) < 4.78 is 1.93. The normalized spacial score (nSPS) is 15.1. The summed E-state index contributed by atoms with van der Waals surface area (Å²) in [6.45, 7) is 4.47. The van der Waals surface area contributed by atoms with E-state index in [2.05, 4.69) is 36.1 Å². The first kappa shape index (κ1) is 16.7. The number of hydrogen-bond donors (Lipinski definition) is 2. The summed E-state index contributed by atoms with van der Waals surface area (Å²) in [5.74, 6) is 1.65. The van der Waals surface area contributed by atoms with Gasteiger partial charge in [-0.25, -0.2) is 4.98 Å². The number of anilines is 1. The Kier molecular flexibility index (Phi) is 6.19. The lowest BCUT2D eigenvalue weighted by Crippen LogP contribution is -2.18. The molecule has 5 nitrogen and oxygen atoms in total. The number of hydrogen-bond acceptors (Lipinski definition) is 4. The van der Waals surface area contributed by atoms with E-state index in [1.165, 1.54) is 38.4 Å². The third-order valence-corrected chi connectivity index (χ3v) is 4.49. The zero-order valence-electron chi connectivity index (χ0n) is 14.0. The molecule has 0 bridgehead atoms. The molecule has 3 rings (SSSR count). The van der Waals surface area contributed by atoms with E-state index < -0.39 is 0 Å². The van der Waals surface area contributed by atoms with E-state index in [9.17, 15) is 0 Å². The van der Waals surface area contributed by atoms with Crippen molar-refractivity contribution in [2.45, 2.75) is 64.3 Å². The molecule has 0 unspecified atom stereocenters. The number of aromatic nitrogens is 3. The molecule has 3 N–H and O–H groups in total. The average molecular weight is 303 g/mol. The van der Waals surface area contributed by atoms with Crippen LogP contribution in [-0.2, 0) is 0 Å². The molecule has 0 radical (unpaired) electrons. The highest BCUT2D eigenvalue weighted by Crippen LogP contribution is 2.27. The topological polar surface area (TPSA) is 68.2 Å². The van der Waals surface area contributed by atoms with E-state index in [0.29, 0.717) is 12.0 Å². The molecule has 0 atom stereocenters. The van der Waals surface area contributed by atoms with E-state index in [1.54, 1.807) is 0 Å². The van der Waals surface area contributed by atoms with Crippen LogP contribution in [0.25, 0.3) is 5.65 Å². The Labute approximate surface area is 133 Å². The van der Waals surface area contributed by atoms with Crippen molar-refractivity contribution in [3.8, 4) is 0 Å². The van der Waals surface area contributed by atoms with Gasteiger partial charge in [0.1, 0.15) is 5.82 Å². The highest BCUT2D eigenvalue weighted by Gasteiger charge is 2.18. The molecule has 2 heterocycles. The molecule has 1 saturated carbocycles. The van der Waals surface area contributed by atoms with E-state index in [1.807, 2.05) is 16.8 Å². The Morgan fingerprint density at radius 2 is 1.95 bits per heavy atom. The maximum absolute atomic E-state index is 4.77. The highest BCUT2D eigenvalue weighted by atomic mass is 15.3. The summed E-state index contributed by atoms with van der Waals surface area (Å²) in [6, 6.07) is 4.79. The molecule has 0 aliphatic heterocycles. The first-order valence-electron chi connectivity index (χ1n) is 8.50.